The lowest BCUT2D eigenvalue weighted by Gasteiger charge is -2.24. The van der Waals surface area contributed by atoms with E-state index < -0.39 is 6.04 Å². The fourth-order valence-electron chi connectivity index (χ4n) is 2.33. The molecule has 0 fully saturated rings. The Morgan fingerprint density at radius 3 is 3.10 bits per heavy atom. The minimum Gasteiger partial charge on any atom is -0.491 e. The Labute approximate surface area is 119 Å². The van der Waals surface area contributed by atoms with Crippen LogP contribution < -0.4 is 15.4 Å². The highest BCUT2D eigenvalue weighted by molar-refractivity contribution is 5.98. The third-order valence-electron chi connectivity index (χ3n) is 3.39. The fourth-order valence-corrected chi connectivity index (χ4v) is 2.33. The number of benzene rings is 1. The van der Waals surface area contributed by atoms with Crippen molar-refractivity contribution in [2.45, 2.75) is 25.3 Å². The molecular weight excluding hydrogens is 256 g/mol. The first-order chi connectivity index (χ1) is 9.74. The maximum atomic E-state index is 12.5. The van der Waals surface area contributed by atoms with Crippen molar-refractivity contribution >= 4 is 11.6 Å². The van der Waals surface area contributed by atoms with Crippen LogP contribution in [0.1, 0.15) is 19.3 Å². The number of para-hydroxylation sites is 2. The van der Waals surface area contributed by atoms with Crippen molar-refractivity contribution in [3.05, 3.63) is 24.3 Å². The molecule has 0 aliphatic carbocycles. The Morgan fingerprint density at radius 2 is 2.30 bits per heavy atom. The van der Waals surface area contributed by atoms with Crippen LogP contribution >= 0.6 is 0 Å². The van der Waals surface area contributed by atoms with Gasteiger partial charge in [-0.25, -0.2) is 0 Å². The maximum absolute atomic E-state index is 12.5. The number of hydrogen-bond acceptors (Lipinski definition) is 4. The average molecular weight is 278 g/mol. The molecule has 20 heavy (non-hydrogen) atoms. The van der Waals surface area contributed by atoms with Gasteiger partial charge in [0.05, 0.1) is 18.3 Å². The van der Waals surface area contributed by atoms with Crippen LogP contribution in [-0.2, 0) is 9.53 Å². The van der Waals surface area contributed by atoms with Crippen LogP contribution in [0.3, 0.4) is 0 Å². The highest BCUT2D eigenvalue weighted by Crippen LogP contribution is 2.30. The zero-order chi connectivity index (χ0) is 14.4. The first-order valence-electron chi connectivity index (χ1n) is 7.01. The number of anilines is 1. The molecule has 0 bridgehead atoms. The van der Waals surface area contributed by atoms with Gasteiger partial charge in [0, 0.05) is 20.3 Å². The molecule has 1 aromatic carbocycles. The number of methoxy groups -OCH3 is 1. The second kappa shape index (κ2) is 7.26. The number of hydrogen-bond donors (Lipinski definition) is 1. The molecule has 0 aromatic heterocycles. The summed E-state index contributed by atoms with van der Waals surface area (Å²) in [5.41, 5.74) is 6.83. The van der Waals surface area contributed by atoms with E-state index in [2.05, 4.69) is 0 Å². The summed E-state index contributed by atoms with van der Waals surface area (Å²) in [6, 6.07) is 7.12. The van der Waals surface area contributed by atoms with Gasteiger partial charge in [-0.05, 0) is 31.4 Å². The Kier molecular flexibility index (Phi) is 5.38. The van der Waals surface area contributed by atoms with Crippen molar-refractivity contribution in [3.63, 3.8) is 0 Å². The monoisotopic (exact) mass is 278 g/mol. The third-order valence-corrected chi connectivity index (χ3v) is 3.39. The molecular formula is C15H22N2O3. The molecule has 1 heterocycles. The summed E-state index contributed by atoms with van der Waals surface area (Å²) in [4.78, 5) is 14.3. The first-order valence-corrected chi connectivity index (χ1v) is 7.01. The molecule has 1 atom stereocenters. The Balaban J connectivity index is 2.09. The van der Waals surface area contributed by atoms with E-state index >= 15 is 0 Å². The van der Waals surface area contributed by atoms with Crippen molar-refractivity contribution in [3.8, 4) is 5.75 Å². The van der Waals surface area contributed by atoms with Gasteiger partial charge in [-0.3, -0.25) is 4.79 Å². The van der Waals surface area contributed by atoms with Gasteiger partial charge in [0.1, 0.15) is 5.75 Å². The number of nitrogens with two attached hydrogens (primary N) is 1. The van der Waals surface area contributed by atoms with E-state index in [9.17, 15) is 4.79 Å². The molecule has 5 nitrogen and oxygen atoms in total. The predicted octanol–water partition coefficient (Wildman–Crippen LogP) is 1.56. The number of nitrogens with zero attached hydrogens (tertiary/aromatic N) is 1. The quantitative estimate of drug-likeness (QED) is 0.830. The summed E-state index contributed by atoms with van der Waals surface area (Å²) >= 11 is 0. The smallest absolute Gasteiger partial charge is 0.244 e. The lowest BCUT2D eigenvalue weighted by Crippen LogP contribution is -2.44. The Morgan fingerprint density at radius 1 is 1.50 bits per heavy atom. The van der Waals surface area contributed by atoms with Crippen molar-refractivity contribution < 1.29 is 14.3 Å². The highest BCUT2D eigenvalue weighted by atomic mass is 16.5. The summed E-state index contributed by atoms with van der Waals surface area (Å²) in [6.45, 7) is 1.90. The van der Waals surface area contributed by atoms with Gasteiger partial charge in [-0.2, -0.15) is 0 Å². The normalized spacial score (nSPS) is 16.0. The lowest BCUT2D eigenvalue weighted by atomic mass is 10.1. The number of carbonyl (C=O) groups is 1. The second-order valence-corrected chi connectivity index (χ2v) is 4.90. The molecule has 1 aliphatic rings. The minimum absolute atomic E-state index is 0.0425. The van der Waals surface area contributed by atoms with Crippen LogP contribution in [0, 0.1) is 0 Å². The number of amides is 1. The predicted molar refractivity (Wildman–Crippen MR) is 78.0 cm³/mol. The van der Waals surface area contributed by atoms with Crippen LogP contribution in [0.2, 0.25) is 0 Å². The topological polar surface area (TPSA) is 64.8 Å². The van der Waals surface area contributed by atoms with E-state index in [1.807, 2.05) is 24.3 Å². The van der Waals surface area contributed by atoms with E-state index in [1.165, 1.54) is 0 Å². The Hall–Kier alpha value is -1.59. The number of carbonyl (C=O) groups excluding carboxylic acids is 1. The first kappa shape index (κ1) is 14.8. The fraction of sp³-hybridized carbons (Fsp3) is 0.533. The van der Waals surface area contributed by atoms with Gasteiger partial charge >= 0.3 is 0 Å². The molecule has 110 valence electrons. The SMILES string of the molecule is COCCCC(N)C(=O)N1CCCOc2ccccc21. The molecule has 2 rings (SSSR count). The van der Waals surface area contributed by atoms with Crippen molar-refractivity contribution in [1.29, 1.82) is 0 Å². The number of ether oxygens (including phenoxy) is 2. The van der Waals surface area contributed by atoms with E-state index in [0.29, 0.717) is 26.2 Å². The molecule has 2 N–H and O–H groups in total. The van der Waals surface area contributed by atoms with E-state index in [-0.39, 0.29) is 5.91 Å². The van der Waals surface area contributed by atoms with Crippen LogP contribution in [0.25, 0.3) is 0 Å². The molecule has 1 aromatic rings. The van der Waals surface area contributed by atoms with Crippen molar-refractivity contribution in [2.24, 2.45) is 5.73 Å². The summed E-state index contributed by atoms with van der Waals surface area (Å²) in [6.07, 6.45) is 2.23. The van der Waals surface area contributed by atoms with Gasteiger partial charge in [0.15, 0.2) is 0 Å². The summed E-state index contributed by atoms with van der Waals surface area (Å²) < 4.78 is 10.6. The lowest BCUT2D eigenvalue weighted by molar-refractivity contribution is -0.120. The van der Waals surface area contributed by atoms with Crippen LogP contribution in [0.4, 0.5) is 5.69 Å². The number of rotatable bonds is 5. The van der Waals surface area contributed by atoms with Crippen LogP contribution in [0.5, 0.6) is 5.75 Å². The van der Waals surface area contributed by atoms with Crippen molar-refractivity contribution in [1.82, 2.24) is 0 Å². The van der Waals surface area contributed by atoms with Gasteiger partial charge in [0.2, 0.25) is 5.91 Å². The van der Waals surface area contributed by atoms with E-state index in [4.69, 9.17) is 15.2 Å². The highest BCUT2D eigenvalue weighted by Gasteiger charge is 2.25. The largest absolute Gasteiger partial charge is 0.491 e. The molecule has 1 aliphatic heterocycles. The summed E-state index contributed by atoms with van der Waals surface area (Å²) in [5, 5.41) is 0. The molecule has 0 saturated carbocycles. The van der Waals surface area contributed by atoms with Gasteiger partial charge in [-0.1, -0.05) is 12.1 Å². The molecule has 0 spiro atoms. The summed E-state index contributed by atoms with van der Waals surface area (Å²) in [7, 11) is 1.65. The molecule has 1 unspecified atom stereocenters. The number of fused-ring (bicyclic) bond motifs is 1. The van der Waals surface area contributed by atoms with Gasteiger partial charge < -0.3 is 20.1 Å². The third kappa shape index (κ3) is 3.49. The average Bonchev–Trinajstić information content (AvgIpc) is 2.69. The minimum atomic E-state index is -0.490. The maximum Gasteiger partial charge on any atom is 0.244 e. The van der Waals surface area contributed by atoms with Crippen LogP contribution in [0.15, 0.2) is 24.3 Å². The van der Waals surface area contributed by atoms with Gasteiger partial charge in [-0.15, -0.1) is 0 Å². The van der Waals surface area contributed by atoms with Crippen molar-refractivity contribution in [2.75, 3.05) is 31.8 Å². The molecule has 1 amide bonds. The summed E-state index contributed by atoms with van der Waals surface area (Å²) in [5.74, 6) is 0.710. The molecule has 0 saturated heterocycles. The zero-order valence-corrected chi connectivity index (χ0v) is 11.9. The van der Waals surface area contributed by atoms with E-state index in [1.54, 1.807) is 12.0 Å². The second-order valence-electron chi connectivity index (χ2n) is 4.90. The Bertz CT molecular complexity index is 450. The molecule has 5 heteroatoms. The van der Waals surface area contributed by atoms with Crippen LogP contribution in [-0.4, -0.2) is 38.8 Å². The van der Waals surface area contributed by atoms with Gasteiger partial charge in [0.25, 0.3) is 0 Å². The van der Waals surface area contributed by atoms with E-state index in [0.717, 1.165) is 24.3 Å². The molecule has 0 radical (unpaired) electrons. The zero-order valence-electron chi connectivity index (χ0n) is 11.9. The standard InChI is InChI=1S/C15H22N2O3/c1-19-10-4-6-12(16)15(18)17-9-5-11-20-14-8-3-2-7-13(14)17/h2-3,7-8,12H,4-6,9-11,16H2,1H3.